The number of thiazole rings is 1. The minimum absolute atomic E-state index is 0.0263. The van der Waals surface area contributed by atoms with E-state index < -0.39 is 0 Å². The third-order valence-electron chi connectivity index (χ3n) is 4.17. The molecule has 0 aliphatic rings. The summed E-state index contributed by atoms with van der Waals surface area (Å²) in [5, 5.41) is 6.01. The predicted molar refractivity (Wildman–Crippen MR) is 112 cm³/mol. The first-order chi connectivity index (χ1) is 13.3. The molecule has 3 nitrogen and oxygen atoms in total. The summed E-state index contributed by atoms with van der Waals surface area (Å²) in [7, 11) is 0. The molecule has 0 unspecified atom stereocenters. The zero-order valence-electron chi connectivity index (χ0n) is 14.6. The van der Waals surface area contributed by atoms with Crippen LogP contribution >= 0.6 is 11.3 Å². The van der Waals surface area contributed by atoms with E-state index in [1.165, 1.54) is 0 Å². The van der Waals surface area contributed by atoms with E-state index in [1.54, 1.807) is 11.3 Å². The quantitative estimate of drug-likeness (QED) is 0.493. The molecule has 27 heavy (non-hydrogen) atoms. The molecule has 4 rings (SSSR count). The van der Waals surface area contributed by atoms with Crippen LogP contribution in [0.15, 0.2) is 90.3 Å². The van der Waals surface area contributed by atoms with Crippen LogP contribution in [0.1, 0.15) is 5.56 Å². The second kappa shape index (κ2) is 7.98. The van der Waals surface area contributed by atoms with Crippen LogP contribution in [0.2, 0.25) is 0 Å². The molecule has 1 heterocycles. The van der Waals surface area contributed by atoms with Gasteiger partial charge in [-0.3, -0.25) is 4.79 Å². The predicted octanol–water partition coefficient (Wildman–Crippen LogP) is 5.66. The zero-order valence-corrected chi connectivity index (χ0v) is 15.4. The van der Waals surface area contributed by atoms with Gasteiger partial charge < -0.3 is 5.32 Å². The van der Waals surface area contributed by atoms with Gasteiger partial charge in [0.05, 0.1) is 12.1 Å². The number of benzene rings is 3. The largest absolute Gasteiger partial charge is 0.326 e. The summed E-state index contributed by atoms with van der Waals surface area (Å²) in [5.41, 5.74) is 4.80. The van der Waals surface area contributed by atoms with Gasteiger partial charge in [0.25, 0.3) is 0 Å². The van der Waals surface area contributed by atoms with Crippen LogP contribution in [0.25, 0.3) is 21.8 Å². The van der Waals surface area contributed by atoms with Gasteiger partial charge in [0.2, 0.25) is 5.91 Å². The first kappa shape index (κ1) is 17.2. The molecule has 3 aromatic carbocycles. The Hall–Kier alpha value is -3.24. The highest BCUT2D eigenvalue weighted by atomic mass is 32.1. The molecule has 0 saturated heterocycles. The number of aromatic nitrogens is 1. The van der Waals surface area contributed by atoms with Crippen molar-refractivity contribution in [3.8, 4) is 21.8 Å². The maximum atomic E-state index is 12.3. The molecular formula is C23H18N2OS. The van der Waals surface area contributed by atoms with Gasteiger partial charge in [-0.2, -0.15) is 0 Å². The van der Waals surface area contributed by atoms with Crippen molar-refractivity contribution in [2.45, 2.75) is 6.42 Å². The summed E-state index contributed by atoms with van der Waals surface area (Å²) >= 11 is 1.62. The second-order valence-corrected chi connectivity index (χ2v) is 7.05. The van der Waals surface area contributed by atoms with E-state index in [0.717, 1.165) is 33.1 Å². The highest BCUT2D eigenvalue weighted by Gasteiger charge is 2.08. The molecule has 132 valence electrons. The fourth-order valence-electron chi connectivity index (χ4n) is 2.86. The fraction of sp³-hybridized carbons (Fsp3) is 0.0435. The van der Waals surface area contributed by atoms with Crippen molar-refractivity contribution in [2.24, 2.45) is 0 Å². The lowest BCUT2D eigenvalue weighted by molar-refractivity contribution is -0.115. The van der Waals surface area contributed by atoms with E-state index in [4.69, 9.17) is 4.98 Å². The van der Waals surface area contributed by atoms with Gasteiger partial charge >= 0.3 is 0 Å². The third kappa shape index (κ3) is 4.30. The van der Waals surface area contributed by atoms with E-state index in [1.807, 2.05) is 78.2 Å². The van der Waals surface area contributed by atoms with Gasteiger partial charge in [-0.05, 0) is 17.7 Å². The SMILES string of the molecule is O=C(Cc1ccccc1)Nc1cccc(-c2csc(-c3ccccc3)n2)c1. The second-order valence-electron chi connectivity index (χ2n) is 6.20. The molecule has 4 aromatic rings. The number of hydrogen-bond donors (Lipinski definition) is 1. The number of amides is 1. The summed E-state index contributed by atoms with van der Waals surface area (Å²) < 4.78 is 0. The highest BCUT2D eigenvalue weighted by molar-refractivity contribution is 7.13. The van der Waals surface area contributed by atoms with Gasteiger partial charge in [0, 0.05) is 22.2 Å². The number of nitrogens with zero attached hydrogens (tertiary/aromatic N) is 1. The van der Waals surface area contributed by atoms with E-state index in [0.29, 0.717) is 6.42 Å². The molecule has 4 heteroatoms. The van der Waals surface area contributed by atoms with Crippen molar-refractivity contribution < 1.29 is 4.79 Å². The molecule has 1 amide bonds. The Morgan fingerprint density at radius 2 is 1.56 bits per heavy atom. The van der Waals surface area contributed by atoms with Crippen LogP contribution in [0.4, 0.5) is 5.69 Å². The van der Waals surface area contributed by atoms with Crippen molar-refractivity contribution in [3.05, 3.63) is 95.9 Å². The molecule has 0 aliphatic heterocycles. The van der Waals surface area contributed by atoms with Crippen LogP contribution < -0.4 is 5.32 Å². The Morgan fingerprint density at radius 3 is 2.33 bits per heavy atom. The normalized spacial score (nSPS) is 10.5. The molecule has 0 atom stereocenters. The molecule has 0 saturated carbocycles. The summed E-state index contributed by atoms with van der Waals surface area (Å²) in [6, 6.07) is 27.7. The molecule has 1 N–H and O–H groups in total. The monoisotopic (exact) mass is 370 g/mol. The Bertz CT molecular complexity index is 1040. The summed E-state index contributed by atoms with van der Waals surface area (Å²) in [6.07, 6.45) is 0.361. The number of rotatable bonds is 5. The first-order valence-electron chi connectivity index (χ1n) is 8.73. The smallest absolute Gasteiger partial charge is 0.228 e. The van der Waals surface area contributed by atoms with Crippen molar-refractivity contribution in [1.29, 1.82) is 0 Å². The topological polar surface area (TPSA) is 42.0 Å². The number of carbonyl (C=O) groups excluding carboxylic acids is 1. The van der Waals surface area contributed by atoms with Gasteiger partial charge in [0.15, 0.2) is 0 Å². The summed E-state index contributed by atoms with van der Waals surface area (Å²) in [5.74, 6) is -0.0263. The highest BCUT2D eigenvalue weighted by Crippen LogP contribution is 2.29. The minimum atomic E-state index is -0.0263. The minimum Gasteiger partial charge on any atom is -0.326 e. The molecule has 0 bridgehead atoms. The summed E-state index contributed by atoms with van der Waals surface area (Å²) in [6.45, 7) is 0. The van der Waals surface area contributed by atoms with E-state index in [2.05, 4.69) is 17.4 Å². The molecule has 0 radical (unpaired) electrons. The lowest BCUT2D eigenvalue weighted by Gasteiger charge is -2.07. The average molecular weight is 370 g/mol. The number of anilines is 1. The molecule has 0 fully saturated rings. The first-order valence-corrected chi connectivity index (χ1v) is 9.61. The fourth-order valence-corrected chi connectivity index (χ4v) is 3.70. The standard InChI is InChI=1S/C23H18N2OS/c26-22(14-17-8-3-1-4-9-17)24-20-13-7-12-19(15-20)21-16-27-23(25-21)18-10-5-2-6-11-18/h1-13,15-16H,14H2,(H,24,26). The van der Waals surface area contributed by atoms with E-state index in [-0.39, 0.29) is 5.91 Å². The third-order valence-corrected chi connectivity index (χ3v) is 5.07. The summed E-state index contributed by atoms with van der Waals surface area (Å²) in [4.78, 5) is 17.0. The lowest BCUT2D eigenvalue weighted by Crippen LogP contribution is -2.14. The Kier molecular flexibility index (Phi) is 5.08. The van der Waals surface area contributed by atoms with Crippen molar-refractivity contribution in [3.63, 3.8) is 0 Å². The van der Waals surface area contributed by atoms with Crippen LogP contribution in [0, 0.1) is 0 Å². The van der Waals surface area contributed by atoms with Gasteiger partial charge in [-0.25, -0.2) is 4.98 Å². The zero-order chi connectivity index (χ0) is 18.5. The number of carbonyl (C=O) groups is 1. The van der Waals surface area contributed by atoms with Gasteiger partial charge in [0.1, 0.15) is 5.01 Å². The van der Waals surface area contributed by atoms with E-state index >= 15 is 0 Å². The average Bonchev–Trinajstić information content (AvgIpc) is 3.20. The number of hydrogen-bond acceptors (Lipinski definition) is 3. The maximum Gasteiger partial charge on any atom is 0.228 e. The molecular weight excluding hydrogens is 352 g/mol. The van der Waals surface area contributed by atoms with Crippen molar-refractivity contribution >= 4 is 22.9 Å². The Labute approximate surface area is 162 Å². The van der Waals surface area contributed by atoms with Crippen LogP contribution in [-0.4, -0.2) is 10.9 Å². The Morgan fingerprint density at radius 1 is 0.852 bits per heavy atom. The molecule has 0 spiro atoms. The maximum absolute atomic E-state index is 12.3. The Balaban J connectivity index is 1.49. The van der Waals surface area contributed by atoms with Crippen molar-refractivity contribution in [2.75, 3.05) is 5.32 Å². The molecule has 0 aliphatic carbocycles. The van der Waals surface area contributed by atoms with Gasteiger partial charge in [-0.1, -0.05) is 72.8 Å². The molecule has 1 aromatic heterocycles. The lowest BCUT2D eigenvalue weighted by atomic mass is 10.1. The van der Waals surface area contributed by atoms with Crippen LogP contribution in [0.5, 0.6) is 0 Å². The van der Waals surface area contributed by atoms with Crippen molar-refractivity contribution in [1.82, 2.24) is 4.98 Å². The number of nitrogens with one attached hydrogen (secondary N) is 1. The van der Waals surface area contributed by atoms with Crippen LogP contribution in [-0.2, 0) is 11.2 Å². The van der Waals surface area contributed by atoms with Crippen LogP contribution in [0.3, 0.4) is 0 Å². The van der Waals surface area contributed by atoms with Gasteiger partial charge in [-0.15, -0.1) is 11.3 Å². The van der Waals surface area contributed by atoms with E-state index in [9.17, 15) is 4.79 Å².